The lowest BCUT2D eigenvalue weighted by Gasteiger charge is -2.34. The first kappa shape index (κ1) is 20.5. The van der Waals surface area contributed by atoms with Crippen molar-refractivity contribution in [1.29, 1.82) is 0 Å². The topological polar surface area (TPSA) is 119 Å². The zero-order chi connectivity index (χ0) is 22.5. The first-order valence-corrected chi connectivity index (χ1v) is 12.0. The number of hydrogen-bond donors (Lipinski definition) is 4. The largest absolute Gasteiger partial charge is 0.505 e. The zero-order valence-corrected chi connectivity index (χ0v) is 18.4. The van der Waals surface area contributed by atoms with E-state index >= 15 is 0 Å². The molecule has 10 heteroatoms. The van der Waals surface area contributed by atoms with Gasteiger partial charge in [-0.2, -0.15) is 9.78 Å². The van der Waals surface area contributed by atoms with Gasteiger partial charge in [-0.15, -0.1) is 15.7 Å². The van der Waals surface area contributed by atoms with Crippen molar-refractivity contribution in [3.8, 4) is 5.75 Å². The van der Waals surface area contributed by atoms with Gasteiger partial charge in [0.25, 0.3) is 5.56 Å². The van der Waals surface area contributed by atoms with Crippen LogP contribution in [0.25, 0.3) is 10.2 Å². The maximum atomic E-state index is 13.5. The van der Waals surface area contributed by atoms with E-state index in [0.717, 1.165) is 5.56 Å². The lowest BCUT2D eigenvalue weighted by Crippen LogP contribution is -2.31. The predicted molar refractivity (Wildman–Crippen MR) is 130 cm³/mol. The van der Waals surface area contributed by atoms with E-state index in [4.69, 9.17) is 0 Å². The first-order valence-electron chi connectivity index (χ1n) is 9.57. The van der Waals surface area contributed by atoms with Gasteiger partial charge in [0.1, 0.15) is 10.5 Å². The highest BCUT2D eigenvalue weighted by Gasteiger charge is 2.30. The van der Waals surface area contributed by atoms with Gasteiger partial charge in [-0.1, -0.05) is 53.2 Å². The van der Waals surface area contributed by atoms with Crippen LogP contribution >= 0.6 is 22.1 Å². The Labute approximate surface area is 188 Å². The van der Waals surface area contributed by atoms with Crippen LogP contribution in [0.4, 0.5) is 5.69 Å². The Kier molecular flexibility index (Phi) is 4.86. The van der Waals surface area contributed by atoms with Crippen molar-refractivity contribution in [2.75, 3.05) is 5.32 Å². The van der Waals surface area contributed by atoms with Crippen molar-refractivity contribution in [3.05, 3.63) is 87.5 Å². The van der Waals surface area contributed by atoms with Crippen molar-refractivity contribution in [2.45, 2.75) is 11.8 Å². The minimum absolute atomic E-state index is 0.122. The molecule has 0 amide bonds. The van der Waals surface area contributed by atoms with Gasteiger partial charge in [-0.25, -0.2) is 0 Å². The Morgan fingerprint density at radius 2 is 1.81 bits per heavy atom. The third-order valence-electron chi connectivity index (χ3n) is 5.06. The fourth-order valence-corrected chi connectivity index (χ4v) is 5.51. The van der Waals surface area contributed by atoms with Gasteiger partial charge in [0, 0.05) is 0 Å². The lowest BCUT2D eigenvalue weighted by atomic mass is 10.1. The number of aromatic nitrogens is 1. The number of para-hydroxylation sites is 1. The highest BCUT2D eigenvalue weighted by Crippen LogP contribution is 2.55. The number of pyridine rings is 1. The third-order valence-corrected chi connectivity index (χ3v) is 7.36. The molecule has 4 N–H and O–H groups in total. The quantitative estimate of drug-likeness (QED) is 0.319. The normalized spacial score (nSPS) is 16.2. The van der Waals surface area contributed by atoms with Crippen LogP contribution in [0.1, 0.15) is 18.1 Å². The highest BCUT2D eigenvalue weighted by atomic mass is 32.3. The SMILES string of the molecule is C/C(=N\n1c(=O)c(C2=NS(O)(O)c3ccccc3N2)c(O)c2sccc21)c1ccccc1. The molecular weight excluding hydrogens is 448 g/mol. The highest BCUT2D eigenvalue weighted by molar-refractivity contribution is 8.23. The number of nitrogens with zero attached hydrogens (tertiary/aromatic N) is 3. The van der Waals surface area contributed by atoms with Crippen molar-refractivity contribution in [3.63, 3.8) is 0 Å². The number of fused-ring (bicyclic) bond motifs is 2. The summed E-state index contributed by atoms with van der Waals surface area (Å²) in [5.41, 5.74) is 1.47. The molecule has 0 saturated heterocycles. The second-order valence-electron chi connectivity index (χ2n) is 7.11. The summed E-state index contributed by atoms with van der Waals surface area (Å²) in [5, 5.41) is 20.2. The minimum atomic E-state index is -3.56. The molecule has 3 heterocycles. The molecule has 0 unspecified atom stereocenters. The summed E-state index contributed by atoms with van der Waals surface area (Å²) in [6, 6.07) is 17.7. The molecule has 1 aliphatic rings. The maximum Gasteiger partial charge on any atom is 0.286 e. The molecule has 8 nitrogen and oxygen atoms in total. The van der Waals surface area contributed by atoms with Crippen LogP contribution in [-0.4, -0.2) is 30.4 Å². The van der Waals surface area contributed by atoms with Crippen LogP contribution in [-0.2, 0) is 0 Å². The molecule has 0 bridgehead atoms. The molecule has 0 aliphatic carbocycles. The number of thiophene rings is 1. The van der Waals surface area contributed by atoms with Crippen LogP contribution in [0.15, 0.2) is 85.2 Å². The van der Waals surface area contributed by atoms with Gasteiger partial charge < -0.3 is 10.4 Å². The van der Waals surface area contributed by atoms with Gasteiger partial charge >= 0.3 is 0 Å². The molecule has 2 aromatic carbocycles. The second-order valence-corrected chi connectivity index (χ2v) is 9.68. The number of benzene rings is 2. The average molecular weight is 467 g/mol. The van der Waals surface area contributed by atoms with E-state index in [9.17, 15) is 19.0 Å². The van der Waals surface area contributed by atoms with E-state index in [1.54, 1.807) is 42.6 Å². The Balaban J connectivity index is 1.74. The lowest BCUT2D eigenvalue weighted by molar-refractivity contribution is 0.479. The molecule has 4 aromatic rings. The zero-order valence-electron chi connectivity index (χ0n) is 16.8. The smallest absolute Gasteiger partial charge is 0.286 e. The Bertz CT molecular complexity index is 1470. The van der Waals surface area contributed by atoms with Crippen LogP contribution in [0, 0.1) is 0 Å². The Morgan fingerprint density at radius 1 is 1.09 bits per heavy atom. The van der Waals surface area contributed by atoms with Gasteiger partial charge in [0.15, 0.2) is 11.6 Å². The van der Waals surface area contributed by atoms with E-state index in [1.165, 1.54) is 16.0 Å². The van der Waals surface area contributed by atoms with E-state index in [0.29, 0.717) is 21.6 Å². The van der Waals surface area contributed by atoms with E-state index in [-0.39, 0.29) is 22.0 Å². The number of hydrogen-bond acceptors (Lipinski definition) is 8. The molecule has 0 fully saturated rings. The van der Waals surface area contributed by atoms with Gasteiger partial charge in [0.2, 0.25) is 0 Å². The summed E-state index contributed by atoms with van der Waals surface area (Å²) in [5.74, 6) is -0.410. The summed E-state index contributed by atoms with van der Waals surface area (Å²) in [6.07, 6.45) is 0. The number of anilines is 1. The number of aromatic hydroxyl groups is 1. The minimum Gasteiger partial charge on any atom is -0.505 e. The molecule has 0 radical (unpaired) electrons. The number of rotatable bonds is 3. The fourth-order valence-electron chi connectivity index (χ4n) is 3.52. The molecule has 1 aliphatic heterocycles. The first-order chi connectivity index (χ1) is 15.4. The van der Waals surface area contributed by atoms with Crippen molar-refractivity contribution < 1.29 is 14.2 Å². The van der Waals surface area contributed by atoms with Crippen molar-refractivity contribution in [2.24, 2.45) is 9.50 Å². The van der Waals surface area contributed by atoms with Crippen molar-refractivity contribution in [1.82, 2.24) is 4.68 Å². The van der Waals surface area contributed by atoms with Crippen LogP contribution in [0.2, 0.25) is 0 Å². The monoisotopic (exact) mass is 466 g/mol. The van der Waals surface area contributed by atoms with E-state index in [2.05, 4.69) is 14.8 Å². The maximum absolute atomic E-state index is 13.5. The van der Waals surface area contributed by atoms with E-state index < -0.39 is 16.3 Å². The van der Waals surface area contributed by atoms with Crippen LogP contribution in [0.5, 0.6) is 5.75 Å². The van der Waals surface area contributed by atoms with Gasteiger partial charge in [0.05, 0.1) is 21.6 Å². The van der Waals surface area contributed by atoms with Gasteiger partial charge in [-0.3, -0.25) is 13.9 Å². The molecule has 5 rings (SSSR count). The molecule has 162 valence electrons. The summed E-state index contributed by atoms with van der Waals surface area (Å²) >= 11 is 1.24. The van der Waals surface area contributed by atoms with Crippen LogP contribution in [0.3, 0.4) is 0 Å². The summed E-state index contributed by atoms with van der Waals surface area (Å²) in [6.45, 7) is 1.79. The predicted octanol–water partition coefficient (Wildman–Crippen LogP) is 4.94. The summed E-state index contributed by atoms with van der Waals surface area (Å²) < 4.78 is 26.8. The molecule has 0 saturated carbocycles. The summed E-state index contributed by atoms with van der Waals surface area (Å²) in [7, 11) is -3.56. The van der Waals surface area contributed by atoms with E-state index in [1.807, 2.05) is 30.3 Å². The molecule has 2 aromatic heterocycles. The second kappa shape index (κ2) is 7.61. The third kappa shape index (κ3) is 3.30. The number of nitrogens with one attached hydrogen (secondary N) is 1. The van der Waals surface area contributed by atoms with Crippen molar-refractivity contribution >= 4 is 49.6 Å². The average Bonchev–Trinajstić information content (AvgIpc) is 3.27. The Morgan fingerprint density at radius 3 is 2.59 bits per heavy atom. The standard InChI is InChI=1S/C22H18N4O4S2/c1-13(14-7-3-2-4-8-14)24-26-16-11-12-31-20(16)19(27)18(22(26)28)21-23-15-9-5-6-10-17(15)32(29,30)25-21/h2-12,27,29-30H,1H3,(H,23,25)/b24-13+. The molecule has 0 atom stereocenters. The number of amidine groups is 1. The van der Waals surface area contributed by atoms with Crippen LogP contribution < -0.4 is 10.9 Å². The Hall–Kier alpha value is -3.44. The van der Waals surface area contributed by atoms with Gasteiger partial charge in [-0.05, 0) is 36.1 Å². The fraction of sp³-hybridized carbons (Fsp3) is 0.0455. The molecule has 32 heavy (non-hydrogen) atoms. The summed E-state index contributed by atoms with van der Waals surface area (Å²) in [4.78, 5) is 13.7. The molecular formula is C22H18N4O4S2. The molecule has 0 spiro atoms.